The molecule has 6 rings (SSSR count). The van der Waals surface area contributed by atoms with Gasteiger partial charge in [0.2, 0.25) is 5.91 Å². The van der Waals surface area contributed by atoms with Gasteiger partial charge in [0.05, 0.1) is 25.8 Å². The average molecular weight is 514 g/mol. The van der Waals surface area contributed by atoms with Gasteiger partial charge in [-0.1, -0.05) is 34.1 Å². The molecule has 1 fully saturated rings. The first kappa shape index (κ1) is 20.5. The predicted molar refractivity (Wildman–Crippen MR) is 125 cm³/mol. The molecule has 0 saturated carbocycles. The van der Waals surface area contributed by atoms with Gasteiger partial charge in [-0.25, -0.2) is 0 Å². The van der Waals surface area contributed by atoms with E-state index in [0.717, 1.165) is 29.0 Å². The molecule has 1 aromatic carbocycles. The number of thiophene rings is 1. The third-order valence-corrected chi connectivity index (χ3v) is 8.71. The number of aromatic nitrogens is 3. The highest BCUT2D eigenvalue weighted by Gasteiger charge is 2.39. The summed E-state index contributed by atoms with van der Waals surface area (Å²) >= 11 is 5.57. The minimum atomic E-state index is 0.0178. The number of morpholine rings is 1. The second kappa shape index (κ2) is 8.06. The van der Waals surface area contributed by atoms with Crippen molar-refractivity contribution >= 4 is 33.2 Å². The molecule has 2 atom stereocenters. The monoisotopic (exact) mass is 513 g/mol. The number of fused-ring (bicyclic) bond motifs is 5. The topological polar surface area (TPSA) is 72.3 Å². The van der Waals surface area contributed by atoms with Crippen LogP contribution in [0.2, 0.25) is 0 Å². The number of nitrogens with zero attached hydrogens (tertiary/aromatic N) is 4. The van der Waals surface area contributed by atoms with Gasteiger partial charge in [0.15, 0.2) is 5.82 Å². The number of carbonyl (C=O) groups is 1. The van der Waals surface area contributed by atoms with E-state index in [0.29, 0.717) is 32.8 Å². The SMILES string of the molecule is Cc1nnc2n1-c1sc3c(c1C(c1ccccc1Br)NC2)CC(C(=O)N1CCOCC1)C3. The lowest BCUT2D eigenvalue weighted by atomic mass is 9.94. The fourth-order valence-corrected chi connectivity index (χ4v) is 7.21. The molecule has 32 heavy (non-hydrogen) atoms. The smallest absolute Gasteiger partial charge is 0.226 e. The Bertz CT molecular complexity index is 1200. The zero-order chi connectivity index (χ0) is 21.8. The van der Waals surface area contributed by atoms with Gasteiger partial charge in [0.25, 0.3) is 0 Å². The summed E-state index contributed by atoms with van der Waals surface area (Å²) < 4.78 is 8.72. The van der Waals surface area contributed by atoms with Crippen molar-refractivity contribution in [1.82, 2.24) is 25.0 Å². The number of ether oxygens (including phenoxy) is 1. The average Bonchev–Trinajstić information content (AvgIpc) is 3.45. The number of hydrogen-bond donors (Lipinski definition) is 1. The van der Waals surface area contributed by atoms with Crippen molar-refractivity contribution < 1.29 is 9.53 Å². The lowest BCUT2D eigenvalue weighted by Crippen LogP contribution is -2.44. The van der Waals surface area contributed by atoms with E-state index in [-0.39, 0.29) is 17.9 Å². The second-order valence-electron chi connectivity index (χ2n) is 8.60. The number of benzene rings is 1. The van der Waals surface area contributed by atoms with Crippen LogP contribution in [0.3, 0.4) is 0 Å². The first-order valence-corrected chi connectivity index (χ1v) is 12.6. The maximum absolute atomic E-state index is 13.2. The minimum absolute atomic E-state index is 0.0178. The summed E-state index contributed by atoms with van der Waals surface area (Å²) in [5.74, 6) is 2.12. The van der Waals surface area contributed by atoms with Crippen LogP contribution in [0.25, 0.3) is 5.00 Å². The van der Waals surface area contributed by atoms with Gasteiger partial charge >= 0.3 is 0 Å². The molecule has 4 heterocycles. The van der Waals surface area contributed by atoms with Crippen LogP contribution in [-0.4, -0.2) is 51.9 Å². The summed E-state index contributed by atoms with van der Waals surface area (Å²) in [6.45, 7) is 5.32. The third-order valence-electron chi connectivity index (χ3n) is 6.73. The fraction of sp³-hybridized carbons (Fsp3) is 0.435. The Morgan fingerprint density at radius 1 is 1.22 bits per heavy atom. The van der Waals surface area contributed by atoms with E-state index in [1.54, 1.807) is 11.3 Å². The molecule has 1 saturated heterocycles. The summed E-state index contributed by atoms with van der Waals surface area (Å²) in [5.41, 5.74) is 3.80. The Labute approximate surface area is 198 Å². The van der Waals surface area contributed by atoms with Gasteiger partial charge in [-0.15, -0.1) is 21.5 Å². The van der Waals surface area contributed by atoms with E-state index < -0.39 is 0 Å². The highest BCUT2D eigenvalue weighted by molar-refractivity contribution is 9.10. The number of halogens is 1. The first-order valence-electron chi connectivity index (χ1n) is 11.0. The number of amides is 1. The standard InChI is InChI=1S/C23H24BrN5O2S/c1-13-26-27-19-12-25-21(15-4-2-3-5-17(15)24)20-16-10-14(11-18(16)32-23(20)29(13)19)22(30)28-6-8-31-9-7-28/h2-5,14,21,25H,6-12H2,1H3. The summed E-state index contributed by atoms with van der Waals surface area (Å²) in [4.78, 5) is 16.5. The maximum atomic E-state index is 13.2. The van der Waals surface area contributed by atoms with Crippen molar-refractivity contribution in [2.75, 3.05) is 26.3 Å². The molecular weight excluding hydrogens is 490 g/mol. The number of carbonyl (C=O) groups excluding carboxylic acids is 1. The summed E-state index contributed by atoms with van der Waals surface area (Å²) in [7, 11) is 0. The van der Waals surface area contributed by atoms with Crippen molar-refractivity contribution in [3.8, 4) is 5.00 Å². The molecule has 0 spiro atoms. The van der Waals surface area contributed by atoms with Crippen LogP contribution in [0.5, 0.6) is 0 Å². The van der Waals surface area contributed by atoms with Crippen LogP contribution in [-0.2, 0) is 28.9 Å². The molecule has 2 aromatic heterocycles. The number of nitrogens with one attached hydrogen (secondary N) is 1. The molecule has 7 nitrogen and oxygen atoms in total. The van der Waals surface area contributed by atoms with Crippen LogP contribution < -0.4 is 5.32 Å². The molecule has 166 valence electrons. The van der Waals surface area contributed by atoms with Gasteiger partial charge in [-0.05, 0) is 37.0 Å². The van der Waals surface area contributed by atoms with Gasteiger partial charge in [0, 0.05) is 33.9 Å². The lowest BCUT2D eigenvalue weighted by Gasteiger charge is -2.29. The molecule has 1 amide bonds. The van der Waals surface area contributed by atoms with Gasteiger partial charge in [-0.2, -0.15) is 0 Å². The molecule has 0 bridgehead atoms. The van der Waals surface area contributed by atoms with Crippen LogP contribution >= 0.6 is 27.3 Å². The largest absolute Gasteiger partial charge is 0.378 e. The van der Waals surface area contributed by atoms with Gasteiger partial charge < -0.3 is 9.64 Å². The summed E-state index contributed by atoms with van der Waals surface area (Å²) in [5, 5.41) is 13.7. The Morgan fingerprint density at radius 2 is 2.03 bits per heavy atom. The van der Waals surface area contributed by atoms with E-state index >= 15 is 0 Å². The summed E-state index contributed by atoms with van der Waals surface area (Å²) in [6.07, 6.45) is 1.60. The van der Waals surface area contributed by atoms with Crippen molar-refractivity contribution in [2.24, 2.45) is 5.92 Å². The molecule has 0 radical (unpaired) electrons. The first-order chi connectivity index (χ1) is 15.6. The van der Waals surface area contributed by atoms with E-state index in [9.17, 15) is 4.79 Å². The molecule has 2 unspecified atom stereocenters. The lowest BCUT2D eigenvalue weighted by molar-refractivity contribution is -0.139. The quantitative estimate of drug-likeness (QED) is 0.569. The molecular formula is C23H24BrN5O2S. The van der Waals surface area contributed by atoms with E-state index in [1.807, 2.05) is 17.9 Å². The molecule has 1 aliphatic carbocycles. The Morgan fingerprint density at radius 3 is 2.84 bits per heavy atom. The predicted octanol–water partition coefficient (Wildman–Crippen LogP) is 3.17. The Balaban J connectivity index is 1.43. The Kier molecular flexibility index (Phi) is 5.17. The van der Waals surface area contributed by atoms with Crippen molar-refractivity contribution in [2.45, 2.75) is 32.4 Å². The molecule has 1 N–H and O–H groups in total. The fourth-order valence-electron chi connectivity index (χ4n) is 5.18. The van der Waals surface area contributed by atoms with E-state index in [4.69, 9.17) is 4.74 Å². The Hall–Kier alpha value is -2.07. The number of hydrogen-bond acceptors (Lipinski definition) is 6. The van der Waals surface area contributed by atoms with Crippen LogP contribution in [0.1, 0.15) is 39.3 Å². The molecule has 2 aliphatic heterocycles. The van der Waals surface area contributed by atoms with Crippen molar-refractivity contribution in [3.63, 3.8) is 0 Å². The zero-order valence-electron chi connectivity index (χ0n) is 17.8. The van der Waals surface area contributed by atoms with Gasteiger partial charge in [0.1, 0.15) is 10.8 Å². The third kappa shape index (κ3) is 3.25. The molecule has 3 aliphatic rings. The maximum Gasteiger partial charge on any atom is 0.226 e. The zero-order valence-corrected chi connectivity index (χ0v) is 20.2. The van der Waals surface area contributed by atoms with Gasteiger partial charge in [-0.3, -0.25) is 14.7 Å². The molecule has 9 heteroatoms. The van der Waals surface area contributed by atoms with Crippen LogP contribution in [0.15, 0.2) is 28.7 Å². The van der Waals surface area contributed by atoms with Crippen LogP contribution in [0, 0.1) is 12.8 Å². The normalized spacial score (nSPS) is 22.2. The number of aryl methyl sites for hydroxylation is 1. The van der Waals surface area contributed by atoms with Crippen molar-refractivity contribution in [1.29, 1.82) is 0 Å². The highest BCUT2D eigenvalue weighted by atomic mass is 79.9. The highest BCUT2D eigenvalue weighted by Crippen LogP contribution is 2.47. The van der Waals surface area contributed by atoms with Crippen LogP contribution in [0.4, 0.5) is 0 Å². The molecule has 3 aromatic rings. The van der Waals surface area contributed by atoms with E-state index in [2.05, 4.69) is 54.2 Å². The number of rotatable bonds is 2. The second-order valence-corrected chi connectivity index (χ2v) is 10.5. The van der Waals surface area contributed by atoms with E-state index in [1.165, 1.54) is 26.6 Å². The van der Waals surface area contributed by atoms with Crippen molar-refractivity contribution in [3.05, 3.63) is 62.0 Å². The summed E-state index contributed by atoms with van der Waals surface area (Å²) in [6, 6.07) is 8.40. The minimum Gasteiger partial charge on any atom is -0.378 e.